The topological polar surface area (TPSA) is 20.2 Å². The summed E-state index contributed by atoms with van der Waals surface area (Å²) in [5.41, 5.74) is 12.8. The minimum atomic E-state index is -0.855. The number of benzene rings is 4. The van der Waals surface area contributed by atoms with Gasteiger partial charge in [0.25, 0.3) is 0 Å². The molecule has 4 aromatic rings. The smallest absolute Gasteiger partial charge is 0.115 e. The van der Waals surface area contributed by atoms with E-state index in [9.17, 15) is 5.11 Å². The Morgan fingerprint density at radius 2 is 1.57 bits per heavy atom. The monoisotopic (exact) mass is 530 g/mol. The predicted octanol–water partition coefficient (Wildman–Crippen LogP) is 7.75. The molecule has 40 heavy (non-hydrogen) atoms. The van der Waals surface area contributed by atoms with Crippen molar-refractivity contribution in [1.82, 2.24) is 0 Å². The van der Waals surface area contributed by atoms with E-state index in [1.807, 2.05) is 12.1 Å². The van der Waals surface area contributed by atoms with E-state index in [4.69, 9.17) is 0 Å². The zero-order valence-electron chi connectivity index (χ0n) is 22.1. The van der Waals surface area contributed by atoms with E-state index in [0.717, 1.165) is 19.3 Å². The van der Waals surface area contributed by atoms with Crippen molar-refractivity contribution in [3.63, 3.8) is 0 Å². The molecule has 0 fully saturated rings. The fourth-order valence-electron chi connectivity index (χ4n) is 7.53. The highest BCUT2D eigenvalue weighted by atomic mass is 31.1. The van der Waals surface area contributed by atoms with Crippen LogP contribution in [0.2, 0.25) is 0 Å². The number of rotatable bonds is 3. The number of aromatic hydroxyl groups is 1. The predicted molar refractivity (Wildman–Crippen MR) is 170 cm³/mol. The van der Waals surface area contributed by atoms with Crippen molar-refractivity contribution >= 4 is 52.3 Å². The Bertz CT molecular complexity index is 1980. The summed E-state index contributed by atoms with van der Waals surface area (Å²) in [5, 5.41) is 17.2. The standard InChI is InChI=1S/C38H27OP/c39-29-15-17-30(18-16-29)40(33-21-13-27-9-7-23-3-1-5-25-11-19-31(33)37(27)35(23)25)34-22-14-28-10-8-24-4-2-6-26-12-20-32(34)38(28)36(24)26/h1-3,5-9,11-18,20-22,35,39H,4,10,19H2. The molecule has 0 saturated heterocycles. The maximum atomic E-state index is 10.2. The lowest BCUT2D eigenvalue weighted by atomic mass is 9.71. The van der Waals surface area contributed by atoms with Crippen molar-refractivity contribution < 1.29 is 5.11 Å². The molecule has 1 nitrogen and oxygen atoms in total. The van der Waals surface area contributed by atoms with E-state index in [2.05, 4.69) is 103 Å². The van der Waals surface area contributed by atoms with Crippen molar-refractivity contribution in [3.05, 3.63) is 148 Å². The lowest BCUT2D eigenvalue weighted by Crippen LogP contribution is -2.28. The third-order valence-electron chi connectivity index (χ3n) is 9.29. The van der Waals surface area contributed by atoms with E-state index in [-0.39, 0.29) is 0 Å². The highest BCUT2D eigenvalue weighted by molar-refractivity contribution is 7.80. The molecule has 0 amide bonds. The van der Waals surface area contributed by atoms with Gasteiger partial charge in [-0.1, -0.05) is 103 Å². The Labute approximate surface area is 235 Å². The number of hydrogen-bond acceptors (Lipinski definition) is 1. The van der Waals surface area contributed by atoms with Crippen LogP contribution in [-0.2, 0) is 12.8 Å². The molecule has 2 heteroatoms. The van der Waals surface area contributed by atoms with Crippen molar-refractivity contribution in [2.75, 3.05) is 0 Å². The van der Waals surface area contributed by atoms with E-state index < -0.39 is 7.92 Å². The van der Waals surface area contributed by atoms with Crippen LogP contribution < -0.4 is 15.9 Å². The molecule has 2 atom stereocenters. The fourth-order valence-corrected chi connectivity index (χ4v) is 10.1. The maximum absolute atomic E-state index is 10.2. The average Bonchev–Trinajstić information content (AvgIpc) is 3.01. The molecule has 5 aliphatic carbocycles. The van der Waals surface area contributed by atoms with Gasteiger partial charge in [0, 0.05) is 5.92 Å². The molecular formula is C38H27OP. The van der Waals surface area contributed by atoms with E-state index in [0.29, 0.717) is 11.7 Å². The Balaban J connectivity index is 1.33. The van der Waals surface area contributed by atoms with Crippen molar-refractivity contribution in [3.8, 4) is 5.75 Å². The second-order valence-electron chi connectivity index (χ2n) is 11.4. The van der Waals surface area contributed by atoms with Crippen molar-refractivity contribution in [2.45, 2.75) is 25.2 Å². The summed E-state index contributed by atoms with van der Waals surface area (Å²) in [6.45, 7) is 0. The van der Waals surface area contributed by atoms with E-state index >= 15 is 0 Å². The summed E-state index contributed by atoms with van der Waals surface area (Å²) in [5.74, 6) is 0.652. The molecule has 1 N–H and O–H groups in total. The first-order chi connectivity index (χ1) is 19.7. The van der Waals surface area contributed by atoms with Crippen LogP contribution in [0.3, 0.4) is 0 Å². The summed E-state index contributed by atoms with van der Waals surface area (Å²) >= 11 is 0. The summed E-state index contributed by atoms with van der Waals surface area (Å²) in [7, 11) is -0.855. The zero-order valence-corrected chi connectivity index (χ0v) is 23.0. The number of phenolic OH excluding ortho intramolecular Hbond substituents is 1. The first kappa shape index (κ1) is 22.6. The summed E-state index contributed by atoms with van der Waals surface area (Å²) in [4.78, 5) is 0. The molecule has 4 aromatic carbocycles. The number of phenols is 1. The fraction of sp³-hybridized carbons (Fsp3) is 0.105. The Hall–Kier alpha value is -4.19. The summed E-state index contributed by atoms with van der Waals surface area (Å²) < 4.78 is 0. The highest BCUT2D eigenvalue weighted by Crippen LogP contribution is 2.49. The quantitative estimate of drug-likeness (QED) is 0.269. The van der Waals surface area contributed by atoms with Crippen LogP contribution in [-0.4, -0.2) is 5.11 Å². The molecule has 0 heterocycles. The molecule has 0 bridgehead atoms. The Morgan fingerprint density at radius 1 is 0.700 bits per heavy atom. The third kappa shape index (κ3) is 3.13. The van der Waals surface area contributed by atoms with Crippen molar-refractivity contribution in [1.29, 1.82) is 0 Å². The molecule has 2 unspecified atom stereocenters. The molecule has 0 aliphatic heterocycles. The van der Waals surface area contributed by atoms with Gasteiger partial charge in [-0.3, -0.25) is 0 Å². The molecule has 0 spiro atoms. The second-order valence-corrected chi connectivity index (χ2v) is 13.5. The van der Waals surface area contributed by atoms with Crippen LogP contribution >= 0.6 is 7.92 Å². The summed E-state index contributed by atoms with van der Waals surface area (Å²) in [6.07, 6.45) is 23.8. The van der Waals surface area contributed by atoms with Crippen LogP contribution in [0.1, 0.15) is 45.7 Å². The third-order valence-corrected chi connectivity index (χ3v) is 11.9. The largest absolute Gasteiger partial charge is 0.508 e. The zero-order chi connectivity index (χ0) is 26.4. The van der Waals surface area contributed by atoms with Gasteiger partial charge in [-0.15, -0.1) is 0 Å². The van der Waals surface area contributed by atoms with Gasteiger partial charge >= 0.3 is 0 Å². The van der Waals surface area contributed by atoms with E-state index in [1.165, 1.54) is 76.8 Å². The van der Waals surface area contributed by atoms with Gasteiger partial charge in [0.05, 0.1) is 0 Å². The average molecular weight is 531 g/mol. The molecule has 0 radical (unpaired) electrons. The normalized spacial score (nSPS) is 19.6. The first-order valence-corrected chi connectivity index (χ1v) is 15.5. The van der Waals surface area contributed by atoms with Crippen molar-refractivity contribution in [2.24, 2.45) is 0 Å². The van der Waals surface area contributed by atoms with Crippen LogP contribution in [0.15, 0.2) is 114 Å². The van der Waals surface area contributed by atoms with Gasteiger partial charge in [0.1, 0.15) is 5.75 Å². The second kappa shape index (κ2) is 8.40. The lowest BCUT2D eigenvalue weighted by molar-refractivity contribution is 0.475. The number of hydrogen-bond donors (Lipinski definition) is 1. The van der Waals surface area contributed by atoms with Crippen LogP contribution in [0.25, 0.3) is 28.5 Å². The molecule has 190 valence electrons. The van der Waals surface area contributed by atoms with Gasteiger partial charge in [-0.05, 0) is 116 Å². The van der Waals surface area contributed by atoms with Gasteiger partial charge in [-0.2, -0.15) is 0 Å². The van der Waals surface area contributed by atoms with Crippen LogP contribution in [0.4, 0.5) is 0 Å². The van der Waals surface area contributed by atoms with Crippen LogP contribution in [0.5, 0.6) is 5.75 Å². The number of allylic oxidation sites excluding steroid dienone is 10. The molecular weight excluding hydrogens is 503 g/mol. The minimum Gasteiger partial charge on any atom is -0.508 e. The van der Waals surface area contributed by atoms with Gasteiger partial charge in [0.2, 0.25) is 0 Å². The maximum Gasteiger partial charge on any atom is 0.115 e. The SMILES string of the molecule is Oc1ccc(P(c2ccc3c4c2CC=C2C=CC=C(C=C3)C24)c2ccc3c4c5c(ccc24)C=CCC5=CC3)cc1. The van der Waals surface area contributed by atoms with E-state index in [1.54, 1.807) is 0 Å². The summed E-state index contributed by atoms with van der Waals surface area (Å²) in [6, 6.07) is 22.2. The molecule has 9 rings (SSSR count). The Morgan fingerprint density at radius 3 is 2.50 bits per heavy atom. The first-order valence-electron chi connectivity index (χ1n) is 14.2. The minimum absolute atomic E-state index is 0.317. The highest BCUT2D eigenvalue weighted by Gasteiger charge is 2.34. The lowest BCUT2D eigenvalue weighted by Gasteiger charge is -2.36. The molecule has 0 aromatic heterocycles. The van der Waals surface area contributed by atoms with Gasteiger partial charge < -0.3 is 5.11 Å². The molecule has 5 aliphatic rings. The van der Waals surface area contributed by atoms with Crippen LogP contribution in [0, 0.1) is 0 Å². The molecule has 0 saturated carbocycles. The Kier molecular flexibility index (Phi) is 4.75. The van der Waals surface area contributed by atoms with Gasteiger partial charge in [-0.25, -0.2) is 0 Å². The van der Waals surface area contributed by atoms with Gasteiger partial charge in [0.15, 0.2) is 0 Å².